The molecule has 0 saturated heterocycles. The summed E-state index contributed by atoms with van der Waals surface area (Å²) >= 11 is 0. The standard InChI is InChI=1S/C17H28O2/c1-13(2)16(18)19-17(12-8-7-9-14(17)3)15-10-5-4-6-11-15/h14-15H,1,4-12H2,2-3H3. The summed E-state index contributed by atoms with van der Waals surface area (Å²) in [5.41, 5.74) is 0.335. The molecule has 0 aromatic rings. The largest absolute Gasteiger partial charge is 0.455 e. The molecular weight excluding hydrogens is 236 g/mol. The van der Waals surface area contributed by atoms with Gasteiger partial charge in [0, 0.05) is 5.57 Å². The predicted molar refractivity (Wildman–Crippen MR) is 77.8 cm³/mol. The van der Waals surface area contributed by atoms with Gasteiger partial charge in [0.25, 0.3) is 0 Å². The topological polar surface area (TPSA) is 26.3 Å². The third-order valence-corrected chi connectivity index (χ3v) is 5.22. The number of carbonyl (C=O) groups excluding carboxylic acids is 1. The molecule has 2 fully saturated rings. The fourth-order valence-corrected chi connectivity index (χ4v) is 4.03. The molecule has 2 heteroatoms. The maximum atomic E-state index is 12.1. The van der Waals surface area contributed by atoms with Crippen molar-refractivity contribution in [2.75, 3.05) is 0 Å². The van der Waals surface area contributed by atoms with Gasteiger partial charge in [-0.05, 0) is 50.9 Å². The van der Waals surface area contributed by atoms with Gasteiger partial charge in [-0.15, -0.1) is 0 Å². The van der Waals surface area contributed by atoms with Crippen molar-refractivity contribution in [3.63, 3.8) is 0 Å². The van der Waals surface area contributed by atoms with Crippen LogP contribution in [-0.2, 0) is 9.53 Å². The molecule has 0 heterocycles. The number of esters is 1. The van der Waals surface area contributed by atoms with E-state index in [0.717, 1.165) is 6.42 Å². The Morgan fingerprint density at radius 2 is 1.74 bits per heavy atom. The Morgan fingerprint density at radius 3 is 2.32 bits per heavy atom. The van der Waals surface area contributed by atoms with Gasteiger partial charge in [-0.2, -0.15) is 0 Å². The lowest BCUT2D eigenvalue weighted by molar-refractivity contribution is -0.178. The van der Waals surface area contributed by atoms with E-state index in [2.05, 4.69) is 13.5 Å². The van der Waals surface area contributed by atoms with E-state index >= 15 is 0 Å². The molecule has 0 bridgehead atoms. The summed E-state index contributed by atoms with van der Waals surface area (Å²) in [5.74, 6) is 0.881. The zero-order valence-electron chi connectivity index (χ0n) is 12.5. The van der Waals surface area contributed by atoms with Gasteiger partial charge in [0.05, 0.1) is 0 Å². The minimum atomic E-state index is -0.200. The van der Waals surface area contributed by atoms with Crippen molar-refractivity contribution in [3.8, 4) is 0 Å². The summed E-state index contributed by atoms with van der Waals surface area (Å²) in [5, 5.41) is 0. The Morgan fingerprint density at radius 1 is 1.11 bits per heavy atom. The summed E-state index contributed by atoms with van der Waals surface area (Å²) in [6.45, 7) is 7.78. The van der Waals surface area contributed by atoms with Crippen LogP contribution in [0.4, 0.5) is 0 Å². The maximum absolute atomic E-state index is 12.1. The lowest BCUT2D eigenvalue weighted by Crippen LogP contribution is -2.50. The van der Waals surface area contributed by atoms with Gasteiger partial charge in [-0.25, -0.2) is 4.79 Å². The molecule has 19 heavy (non-hydrogen) atoms. The highest BCUT2D eigenvalue weighted by atomic mass is 16.6. The monoisotopic (exact) mass is 264 g/mol. The molecule has 2 aliphatic carbocycles. The first kappa shape index (κ1) is 14.6. The maximum Gasteiger partial charge on any atom is 0.333 e. The molecule has 0 radical (unpaired) electrons. The highest BCUT2D eigenvalue weighted by molar-refractivity contribution is 5.87. The van der Waals surface area contributed by atoms with Crippen molar-refractivity contribution < 1.29 is 9.53 Å². The minimum absolute atomic E-state index is 0.181. The summed E-state index contributed by atoms with van der Waals surface area (Å²) < 4.78 is 6.05. The summed E-state index contributed by atoms with van der Waals surface area (Å²) in [4.78, 5) is 12.1. The molecule has 2 saturated carbocycles. The van der Waals surface area contributed by atoms with Gasteiger partial charge in [-0.3, -0.25) is 0 Å². The second kappa shape index (κ2) is 6.11. The van der Waals surface area contributed by atoms with Gasteiger partial charge in [0.2, 0.25) is 0 Å². The first-order valence-corrected chi connectivity index (χ1v) is 7.95. The van der Waals surface area contributed by atoms with Gasteiger partial charge in [-0.1, -0.05) is 39.2 Å². The van der Waals surface area contributed by atoms with Crippen LogP contribution in [0.1, 0.15) is 71.6 Å². The Labute approximate surface area is 117 Å². The van der Waals surface area contributed by atoms with E-state index in [0.29, 0.717) is 17.4 Å². The molecule has 0 aromatic heterocycles. The quantitative estimate of drug-likeness (QED) is 0.548. The highest BCUT2D eigenvalue weighted by Gasteiger charge is 2.48. The van der Waals surface area contributed by atoms with Crippen LogP contribution in [0.25, 0.3) is 0 Å². The number of carbonyl (C=O) groups is 1. The third kappa shape index (κ3) is 3.04. The van der Waals surface area contributed by atoms with Crippen LogP contribution in [0.3, 0.4) is 0 Å². The summed E-state index contributed by atoms with van der Waals surface area (Å²) in [6.07, 6.45) is 11.1. The smallest absolute Gasteiger partial charge is 0.333 e. The Hall–Kier alpha value is -0.790. The predicted octanol–water partition coefficient (Wildman–Crippen LogP) is 4.63. The van der Waals surface area contributed by atoms with Crippen molar-refractivity contribution in [1.29, 1.82) is 0 Å². The van der Waals surface area contributed by atoms with Crippen molar-refractivity contribution >= 4 is 5.97 Å². The van der Waals surface area contributed by atoms with E-state index in [4.69, 9.17) is 4.74 Å². The molecule has 2 nitrogen and oxygen atoms in total. The fraction of sp³-hybridized carbons (Fsp3) is 0.824. The van der Waals surface area contributed by atoms with E-state index in [1.807, 2.05) is 0 Å². The van der Waals surface area contributed by atoms with Crippen molar-refractivity contribution in [3.05, 3.63) is 12.2 Å². The zero-order chi connectivity index (χ0) is 13.9. The lowest BCUT2D eigenvalue weighted by Gasteiger charge is -2.48. The van der Waals surface area contributed by atoms with E-state index in [-0.39, 0.29) is 11.6 Å². The molecule has 2 rings (SSSR count). The summed E-state index contributed by atoms with van der Waals surface area (Å²) in [7, 11) is 0. The second-order valence-corrected chi connectivity index (χ2v) is 6.61. The van der Waals surface area contributed by atoms with Crippen molar-refractivity contribution in [1.82, 2.24) is 0 Å². The third-order valence-electron chi connectivity index (χ3n) is 5.22. The zero-order valence-corrected chi connectivity index (χ0v) is 12.5. The lowest BCUT2D eigenvalue weighted by atomic mass is 9.65. The van der Waals surface area contributed by atoms with Crippen LogP contribution in [0.5, 0.6) is 0 Å². The Bertz CT molecular complexity index is 341. The highest BCUT2D eigenvalue weighted by Crippen LogP contribution is 2.47. The average molecular weight is 264 g/mol. The molecule has 0 N–H and O–H groups in total. The van der Waals surface area contributed by atoms with Gasteiger partial charge < -0.3 is 4.74 Å². The van der Waals surface area contributed by atoms with Gasteiger partial charge in [0.1, 0.15) is 5.60 Å². The minimum Gasteiger partial charge on any atom is -0.455 e. The number of ether oxygens (including phenoxy) is 1. The molecule has 2 atom stereocenters. The normalized spacial score (nSPS) is 32.8. The second-order valence-electron chi connectivity index (χ2n) is 6.61. The Kier molecular flexibility index (Phi) is 4.70. The van der Waals surface area contributed by atoms with Gasteiger partial charge >= 0.3 is 5.97 Å². The molecule has 0 aliphatic heterocycles. The SMILES string of the molecule is C=C(C)C(=O)OC1(C2CCCCC2)CCCCC1C. The number of hydrogen-bond donors (Lipinski definition) is 0. The molecule has 0 aromatic carbocycles. The van der Waals surface area contributed by atoms with Crippen molar-refractivity contribution in [2.45, 2.75) is 77.2 Å². The van der Waals surface area contributed by atoms with Crippen LogP contribution in [0.15, 0.2) is 12.2 Å². The molecule has 2 aliphatic rings. The molecule has 0 amide bonds. The van der Waals surface area contributed by atoms with Crippen LogP contribution < -0.4 is 0 Å². The number of rotatable bonds is 3. The van der Waals surface area contributed by atoms with E-state index < -0.39 is 0 Å². The number of hydrogen-bond acceptors (Lipinski definition) is 2. The fourth-order valence-electron chi connectivity index (χ4n) is 4.03. The first-order valence-electron chi connectivity index (χ1n) is 7.95. The Balaban J connectivity index is 2.20. The average Bonchev–Trinajstić information content (AvgIpc) is 2.42. The van der Waals surface area contributed by atoms with Gasteiger partial charge in [0.15, 0.2) is 0 Å². The molecule has 108 valence electrons. The van der Waals surface area contributed by atoms with E-state index in [1.165, 1.54) is 51.4 Å². The van der Waals surface area contributed by atoms with Crippen LogP contribution in [-0.4, -0.2) is 11.6 Å². The first-order chi connectivity index (χ1) is 9.06. The molecular formula is C17H28O2. The van der Waals surface area contributed by atoms with Crippen LogP contribution in [0.2, 0.25) is 0 Å². The van der Waals surface area contributed by atoms with E-state index in [1.54, 1.807) is 6.92 Å². The van der Waals surface area contributed by atoms with Crippen LogP contribution >= 0.6 is 0 Å². The molecule has 0 spiro atoms. The van der Waals surface area contributed by atoms with Crippen molar-refractivity contribution in [2.24, 2.45) is 11.8 Å². The molecule has 2 unspecified atom stereocenters. The van der Waals surface area contributed by atoms with Crippen LogP contribution in [0, 0.1) is 11.8 Å². The van der Waals surface area contributed by atoms with E-state index in [9.17, 15) is 4.79 Å². The summed E-state index contributed by atoms with van der Waals surface area (Å²) in [6, 6.07) is 0.